The molecule has 1 atom stereocenters. The summed E-state index contributed by atoms with van der Waals surface area (Å²) in [5.41, 5.74) is 0.377. The lowest BCUT2D eigenvalue weighted by molar-refractivity contribution is -0.0796. The first kappa shape index (κ1) is 13.4. The minimum atomic E-state index is 0.0581. The predicted octanol–water partition coefficient (Wildman–Crippen LogP) is 4.32. The molecule has 0 saturated heterocycles. The first-order chi connectivity index (χ1) is 6.95. The van der Waals surface area contributed by atoms with Gasteiger partial charge in [-0.3, -0.25) is 0 Å². The molecule has 2 heteroatoms. The van der Waals surface area contributed by atoms with Crippen molar-refractivity contribution in [3.8, 4) is 0 Å². The van der Waals surface area contributed by atoms with Crippen LogP contribution in [-0.4, -0.2) is 17.3 Å². The van der Waals surface area contributed by atoms with Crippen molar-refractivity contribution in [2.24, 2.45) is 11.8 Å². The molecule has 0 spiro atoms. The zero-order valence-electron chi connectivity index (χ0n) is 10.9. The number of hydrogen-bond acceptors (Lipinski definition) is 2. The highest BCUT2D eigenvalue weighted by Crippen LogP contribution is 2.38. The summed E-state index contributed by atoms with van der Waals surface area (Å²) in [6.07, 6.45) is 7.56. The van der Waals surface area contributed by atoms with Gasteiger partial charge in [-0.05, 0) is 51.7 Å². The van der Waals surface area contributed by atoms with Gasteiger partial charge in [-0.15, -0.1) is 11.8 Å². The van der Waals surface area contributed by atoms with Crippen molar-refractivity contribution >= 4 is 11.8 Å². The average Bonchev–Trinajstić information content (AvgIpc) is 2.17. The lowest BCUT2D eigenvalue weighted by atomic mass is 9.75. The maximum absolute atomic E-state index is 6.12. The molecule has 1 fully saturated rings. The molecule has 1 aliphatic rings. The van der Waals surface area contributed by atoms with E-state index in [0.717, 1.165) is 11.8 Å². The van der Waals surface area contributed by atoms with Gasteiger partial charge in [0.15, 0.2) is 0 Å². The second kappa shape index (κ2) is 5.58. The van der Waals surface area contributed by atoms with Crippen LogP contribution in [-0.2, 0) is 4.74 Å². The topological polar surface area (TPSA) is 9.23 Å². The summed E-state index contributed by atoms with van der Waals surface area (Å²) in [6.45, 7) is 9.05. The summed E-state index contributed by atoms with van der Waals surface area (Å²) in [4.78, 5) is 0. The number of rotatable bonds is 4. The summed E-state index contributed by atoms with van der Waals surface area (Å²) < 4.78 is 6.12. The van der Waals surface area contributed by atoms with Crippen molar-refractivity contribution in [2.75, 3.05) is 6.26 Å². The zero-order chi connectivity index (χ0) is 11.5. The first-order valence-electron chi connectivity index (χ1n) is 6.16. The third-order valence-corrected chi connectivity index (χ3v) is 4.56. The first-order valence-corrected chi connectivity index (χ1v) is 7.45. The summed E-state index contributed by atoms with van der Waals surface area (Å²) in [5.74, 6) is 1.68. The van der Waals surface area contributed by atoms with Gasteiger partial charge in [0.1, 0.15) is 5.44 Å². The number of hydrogen-bond donors (Lipinski definition) is 0. The Morgan fingerprint density at radius 1 is 1.20 bits per heavy atom. The second-order valence-corrected chi connectivity index (χ2v) is 6.62. The minimum absolute atomic E-state index is 0.0581. The molecule has 0 aliphatic heterocycles. The summed E-state index contributed by atoms with van der Waals surface area (Å²) in [7, 11) is 0. The molecule has 0 N–H and O–H groups in total. The lowest BCUT2D eigenvalue weighted by Crippen LogP contribution is -2.38. The Morgan fingerprint density at radius 2 is 1.73 bits per heavy atom. The molecule has 0 bridgehead atoms. The van der Waals surface area contributed by atoms with Gasteiger partial charge >= 0.3 is 0 Å². The van der Waals surface area contributed by atoms with Crippen LogP contribution in [0, 0.1) is 11.8 Å². The van der Waals surface area contributed by atoms with E-state index in [1.54, 1.807) is 11.8 Å². The molecule has 0 aromatic rings. The van der Waals surface area contributed by atoms with Crippen molar-refractivity contribution in [3.63, 3.8) is 0 Å². The van der Waals surface area contributed by atoms with Gasteiger partial charge in [0.25, 0.3) is 0 Å². The molecule has 0 amide bonds. The van der Waals surface area contributed by atoms with E-state index in [9.17, 15) is 0 Å². The molecule has 0 heterocycles. The highest BCUT2D eigenvalue weighted by atomic mass is 32.2. The van der Waals surface area contributed by atoms with E-state index < -0.39 is 0 Å². The molecule has 1 aliphatic carbocycles. The quantitative estimate of drug-likeness (QED) is 0.665. The van der Waals surface area contributed by atoms with Gasteiger partial charge in [-0.25, -0.2) is 0 Å². The Balaban J connectivity index is 2.46. The van der Waals surface area contributed by atoms with E-state index in [1.807, 2.05) is 0 Å². The fraction of sp³-hybridized carbons (Fsp3) is 1.00. The van der Waals surface area contributed by atoms with Crippen LogP contribution in [0.3, 0.4) is 0 Å². The predicted molar refractivity (Wildman–Crippen MR) is 69.3 cm³/mol. The molecule has 1 saturated carbocycles. The maximum Gasteiger partial charge on any atom is 0.100 e. The summed E-state index contributed by atoms with van der Waals surface area (Å²) in [6, 6.07) is 0. The van der Waals surface area contributed by atoms with Crippen molar-refractivity contribution in [1.82, 2.24) is 0 Å². The molecule has 1 unspecified atom stereocenters. The van der Waals surface area contributed by atoms with E-state index >= 15 is 0 Å². The van der Waals surface area contributed by atoms with Crippen LogP contribution in [0.5, 0.6) is 0 Å². The number of ether oxygens (including phenoxy) is 1. The molecule has 90 valence electrons. The van der Waals surface area contributed by atoms with Gasteiger partial charge in [0, 0.05) is 0 Å². The average molecular weight is 230 g/mol. The molecule has 0 aromatic carbocycles. The van der Waals surface area contributed by atoms with Crippen molar-refractivity contribution < 1.29 is 4.74 Å². The van der Waals surface area contributed by atoms with Gasteiger partial charge in [0.2, 0.25) is 0 Å². The molecule has 15 heavy (non-hydrogen) atoms. The maximum atomic E-state index is 6.12. The van der Waals surface area contributed by atoms with Crippen LogP contribution >= 0.6 is 11.8 Å². The smallest absolute Gasteiger partial charge is 0.100 e. The van der Waals surface area contributed by atoms with Crippen LogP contribution in [0.2, 0.25) is 0 Å². The molecule has 1 rings (SSSR count). The Hall–Kier alpha value is 0.310. The molecular formula is C13H26OS. The highest BCUT2D eigenvalue weighted by molar-refractivity contribution is 7.99. The van der Waals surface area contributed by atoms with Crippen molar-refractivity contribution in [1.29, 1.82) is 0 Å². The van der Waals surface area contributed by atoms with Gasteiger partial charge in [0.05, 0.1) is 5.60 Å². The van der Waals surface area contributed by atoms with E-state index in [4.69, 9.17) is 4.74 Å². The summed E-state index contributed by atoms with van der Waals surface area (Å²) in [5, 5.41) is 0. The van der Waals surface area contributed by atoms with Crippen LogP contribution in [0.15, 0.2) is 0 Å². The Kier molecular flexibility index (Phi) is 4.98. The van der Waals surface area contributed by atoms with Gasteiger partial charge in [-0.1, -0.05) is 19.8 Å². The Bertz CT molecular complexity index is 183. The molecular weight excluding hydrogens is 204 g/mol. The van der Waals surface area contributed by atoms with Crippen LogP contribution in [0.25, 0.3) is 0 Å². The van der Waals surface area contributed by atoms with E-state index in [-0.39, 0.29) is 5.60 Å². The highest BCUT2D eigenvalue weighted by Gasteiger charge is 2.34. The second-order valence-electron chi connectivity index (χ2n) is 5.48. The largest absolute Gasteiger partial charge is 0.362 e. The minimum Gasteiger partial charge on any atom is -0.362 e. The normalized spacial score (nSPS) is 30.2. The van der Waals surface area contributed by atoms with Gasteiger partial charge < -0.3 is 4.74 Å². The Labute approximate surface area is 99.3 Å². The monoisotopic (exact) mass is 230 g/mol. The molecule has 0 aromatic heterocycles. The molecule has 1 nitrogen and oxygen atoms in total. The summed E-state index contributed by atoms with van der Waals surface area (Å²) >= 11 is 1.79. The SMILES string of the molecule is CSC(C)OC(C)(C)C1CCC(C)CC1. The van der Waals surface area contributed by atoms with Crippen LogP contribution in [0.1, 0.15) is 53.4 Å². The fourth-order valence-electron chi connectivity index (χ4n) is 2.53. The lowest BCUT2D eigenvalue weighted by Gasteiger charge is -2.39. The number of thioether (sulfide) groups is 1. The Morgan fingerprint density at radius 3 is 2.20 bits per heavy atom. The van der Waals surface area contributed by atoms with E-state index in [1.165, 1.54) is 25.7 Å². The molecule has 0 radical (unpaired) electrons. The van der Waals surface area contributed by atoms with Crippen molar-refractivity contribution in [2.45, 2.75) is 64.4 Å². The van der Waals surface area contributed by atoms with Gasteiger partial charge in [-0.2, -0.15) is 0 Å². The van der Waals surface area contributed by atoms with E-state index in [2.05, 4.69) is 34.0 Å². The fourth-order valence-corrected chi connectivity index (χ4v) is 2.87. The van der Waals surface area contributed by atoms with Crippen molar-refractivity contribution in [3.05, 3.63) is 0 Å². The van der Waals surface area contributed by atoms with Crippen LogP contribution < -0.4 is 0 Å². The third-order valence-electron chi connectivity index (χ3n) is 3.80. The third kappa shape index (κ3) is 3.99. The van der Waals surface area contributed by atoms with E-state index in [0.29, 0.717) is 5.44 Å². The standard InChI is InChI=1S/C13H26OS/c1-10-6-8-12(9-7-10)13(3,4)14-11(2)15-5/h10-12H,6-9H2,1-5H3. The van der Waals surface area contributed by atoms with Crippen LogP contribution in [0.4, 0.5) is 0 Å². The zero-order valence-corrected chi connectivity index (χ0v) is 11.7.